The minimum absolute atomic E-state index is 0.0472. The third-order valence-corrected chi connectivity index (χ3v) is 6.29. The molecule has 1 N–H and O–H groups in total. The summed E-state index contributed by atoms with van der Waals surface area (Å²) < 4.78 is 15.1. The van der Waals surface area contributed by atoms with Crippen molar-refractivity contribution in [3.63, 3.8) is 0 Å². The van der Waals surface area contributed by atoms with Gasteiger partial charge in [0, 0.05) is 23.5 Å². The molecule has 162 valence electrons. The number of carbonyl (C=O) groups excluding carboxylic acids is 1. The SMILES string of the molecule is CN(C)CCCn1c2c(c(SCC(=O)Nc3ccc(F)c(Cl)c3)nc1=O)CCCC2. The second kappa shape index (κ2) is 10.4. The highest BCUT2D eigenvalue weighted by Gasteiger charge is 2.21. The molecule has 0 atom stereocenters. The summed E-state index contributed by atoms with van der Waals surface area (Å²) in [6, 6.07) is 4.03. The number of anilines is 1. The molecule has 2 aromatic rings. The predicted molar refractivity (Wildman–Crippen MR) is 119 cm³/mol. The number of hydrogen-bond acceptors (Lipinski definition) is 5. The zero-order chi connectivity index (χ0) is 21.7. The van der Waals surface area contributed by atoms with Gasteiger partial charge in [-0.3, -0.25) is 9.36 Å². The molecule has 0 saturated carbocycles. The van der Waals surface area contributed by atoms with Crippen molar-refractivity contribution in [2.75, 3.05) is 31.7 Å². The topological polar surface area (TPSA) is 67.2 Å². The highest BCUT2D eigenvalue weighted by Crippen LogP contribution is 2.29. The Labute approximate surface area is 184 Å². The van der Waals surface area contributed by atoms with Crippen LogP contribution in [0.5, 0.6) is 0 Å². The van der Waals surface area contributed by atoms with Gasteiger partial charge in [-0.25, -0.2) is 9.18 Å². The summed E-state index contributed by atoms with van der Waals surface area (Å²) in [6.45, 7) is 1.56. The first-order chi connectivity index (χ1) is 14.3. The summed E-state index contributed by atoms with van der Waals surface area (Å²) in [5.74, 6) is -0.686. The molecule has 30 heavy (non-hydrogen) atoms. The van der Waals surface area contributed by atoms with E-state index in [2.05, 4.69) is 15.2 Å². The Morgan fingerprint density at radius 3 is 2.83 bits per heavy atom. The zero-order valence-electron chi connectivity index (χ0n) is 17.2. The van der Waals surface area contributed by atoms with Crippen molar-refractivity contribution < 1.29 is 9.18 Å². The molecule has 1 aromatic carbocycles. The standard InChI is InChI=1S/C21H26ClFN4O2S/c1-26(2)10-5-11-27-18-7-4-3-6-15(18)20(25-21(27)29)30-13-19(28)24-14-8-9-17(23)16(22)12-14/h8-9,12H,3-7,10-11,13H2,1-2H3,(H,24,28). The Balaban J connectivity index is 1.71. The van der Waals surface area contributed by atoms with Gasteiger partial charge >= 0.3 is 5.69 Å². The number of carbonyl (C=O) groups is 1. The van der Waals surface area contributed by atoms with E-state index in [1.807, 2.05) is 18.7 Å². The minimum atomic E-state index is -0.536. The lowest BCUT2D eigenvalue weighted by Crippen LogP contribution is -2.31. The van der Waals surface area contributed by atoms with Gasteiger partial charge in [-0.2, -0.15) is 4.98 Å². The monoisotopic (exact) mass is 452 g/mol. The zero-order valence-corrected chi connectivity index (χ0v) is 18.8. The number of halogens is 2. The number of fused-ring (bicyclic) bond motifs is 1. The van der Waals surface area contributed by atoms with Gasteiger partial charge in [0.2, 0.25) is 5.91 Å². The molecule has 0 radical (unpaired) electrons. The van der Waals surface area contributed by atoms with Crippen LogP contribution in [-0.2, 0) is 24.2 Å². The van der Waals surface area contributed by atoms with Crippen molar-refractivity contribution >= 4 is 35.0 Å². The summed E-state index contributed by atoms with van der Waals surface area (Å²) in [5, 5.41) is 3.30. The molecule has 1 aromatic heterocycles. The normalized spacial score (nSPS) is 13.4. The third kappa shape index (κ3) is 5.83. The van der Waals surface area contributed by atoms with Gasteiger partial charge in [-0.05, 0) is 70.9 Å². The van der Waals surface area contributed by atoms with Crippen LogP contribution in [0.15, 0.2) is 28.0 Å². The average Bonchev–Trinajstić information content (AvgIpc) is 2.70. The number of nitrogens with one attached hydrogen (secondary N) is 1. The molecule has 1 amide bonds. The third-order valence-electron chi connectivity index (χ3n) is 4.98. The molecule has 1 aliphatic rings. The number of nitrogens with zero attached hydrogens (tertiary/aromatic N) is 3. The van der Waals surface area contributed by atoms with Crippen LogP contribution in [0.3, 0.4) is 0 Å². The first-order valence-corrected chi connectivity index (χ1v) is 11.4. The molecule has 0 fully saturated rings. The van der Waals surface area contributed by atoms with Crippen molar-refractivity contribution in [1.82, 2.24) is 14.5 Å². The number of amides is 1. The second-order valence-electron chi connectivity index (χ2n) is 7.61. The van der Waals surface area contributed by atoms with Crippen LogP contribution in [0.2, 0.25) is 5.02 Å². The molecule has 0 unspecified atom stereocenters. The fourth-order valence-electron chi connectivity index (χ4n) is 3.55. The Kier molecular flexibility index (Phi) is 7.91. The van der Waals surface area contributed by atoms with Crippen molar-refractivity contribution in [2.24, 2.45) is 0 Å². The summed E-state index contributed by atoms with van der Waals surface area (Å²) >= 11 is 7.02. The Hall–Kier alpha value is -1.90. The van der Waals surface area contributed by atoms with Gasteiger partial charge in [0.1, 0.15) is 10.8 Å². The number of benzene rings is 1. The van der Waals surface area contributed by atoms with E-state index < -0.39 is 5.82 Å². The fraction of sp³-hybridized carbons (Fsp3) is 0.476. The lowest BCUT2D eigenvalue weighted by molar-refractivity contribution is -0.113. The lowest BCUT2D eigenvalue weighted by atomic mass is 9.97. The van der Waals surface area contributed by atoms with Crippen LogP contribution in [0, 0.1) is 5.82 Å². The van der Waals surface area contributed by atoms with E-state index in [0.29, 0.717) is 17.3 Å². The molecule has 9 heteroatoms. The molecule has 0 saturated heterocycles. The second-order valence-corrected chi connectivity index (χ2v) is 8.98. The van der Waals surface area contributed by atoms with E-state index in [1.165, 1.54) is 30.0 Å². The van der Waals surface area contributed by atoms with Gasteiger partial charge in [0.15, 0.2) is 0 Å². The Morgan fingerprint density at radius 2 is 2.10 bits per heavy atom. The van der Waals surface area contributed by atoms with Crippen LogP contribution in [0.1, 0.15) is 30.5 Å². The largest absolute Gasteiger partial charge is 0.348 e. The highest BCUT2D eigenvalue weighted by atomic mass is 35.5. The van der Waals surface area contributed by atoms with Crippen LogP contribution in [-0.4, -0.2) is 46.8 Å². The smallest absolute Gasteiger partial charge is 0.325 e. The van der Waals surface area contributed by atoms with Crippen molar-refractivity contribution in [3.05, 3.63) is 50.8 Å². The summed E-state index contributed by atoms with van der Waals surface area (Å²) in [4.78, 5) is 31.4. The van der Waals surface area contributed by atoms with E-state index in [4.69, 9.17) is 11.6 Å². The van der Waals surface area contributed by atoms with Gasteiger partial charge in [0.05, 0.1) is 10.8 Å². The highest BCUT2D eigenvalue weighted by molar-refractivity contribution is 8.00. The molecule has 0 spiro atoms. The maximum Gasteiger partial charge on any atom is 0.348 e. The molecular formula is C21H26ClFN4O2S. The van der Waals surface area contributed by atoms with Crippen LogP contribution in [0.25, 0.3) is 0 Å². The molecule has 0 bridgehead atoms. The first kappa shape index (κ1) is 22.8. The Morgan fingerprint density at radius 1 is 1.33 bits per heavy atom. The summed E-state index contributed by atoms with van der Waals surface area (Å²) in [7, 11) is 4.03. The van der Waals surface area contributed by atoms with E-state index in [-0.39, 0.29) is 22.4 Å². The van der Waals surface area contributed by atoms with E-state index in [1.54, 1.807) is 0 Å². The minimum Gasteiger partial charge on any atom is -0.325 e. The predicted octanol–water partition coefficient (Wildman–Crippen LogP) is 3.60. The van der Waals surface area contributed by atoms with Crippen LogP contribution in [0.4, 0.5) is 10.1 Å². The van der Waals surface area contributed by atoms with Crippen molar-refractivity contribution in [2.45, 2.75) is 43.7 Å². The average molecular weight is 453 g/mol. The maximum absolute atomic E-state index is 13.3. The number of thioether (sulfide) groups is 1. The summed E-state index contributed by atoms with van der Waals surface area (Å²) in [5.41, 5.74) is 2.34. The maximum atomic E-state index is 13.3. The van der Waals surface area contributed by atoms with Crippen LogP contribution >= 0.6 is 23.4 Å². The molecule has 1 heterocycles. The van der Waals surface area contributed by atoms with Gasteiger partial charge in [-0.15, -0.1) is 0 Å². The van der Waals surface area contributed by atoms with E-state index >= 15 is 0 Å². The van der Waals surface area contributed by atoms with E-state index in [0.717, 1.165) is 49.9 Å². The van der Waals surface area contributed by atoms with Gasteiger partial charge in [0.25, 0.3) is 0 Å². The number of aromatic nitrogens is 2. The number of hydrogen-bond donors (Lipinski definition) is 1. The Bertz CT molecular complexity index is 980. The first-order valence-electron chi connectivity index (χ1n) is 10.00. The molecule has 6 nitrogen and oxygen atoms in total. The quantitative estimate of drug-likeness (QED) is 0.489. The lowest BCUT2D eigenvalue weighted by Gasteiger charge is -2.23. The van der Waals surface area contributed by atoms with Gasteiger partial charge in [-0.1, -0.05) is 23.4 Å². The molecule has 0 aliphatic heterocycles. The molecular weight excluding hydrogens is 427 g/mol. The molecule has 1 aliphatic carbocycles. The van der Waals surface area contributed by atoms with Crippen LogP contribution < -0.4 is 11.0 Å². The van der Waals surface area contributed by atoms with E-state index in [9.17, 15) is 14.0 Å². The van der Waals surface area contributed by atoms with Gasteiger partial charge < -0.3 is 10.2 Å². The fourth-order valence-corrected chi connectivity index (χ4v) is 4.60. The van der Waals surface area contributed by atoms with Crippen molar-refractivity contribution in [1.29, 1.82) is 0 Å². The molecule has 3 rings (SSSR count). The van der Waals surface area contributed by atoms with Crippen molar-refractivity contribution in [3.8, 4) is 0 Å². The summed E-state index contributed by atoms with van der Waals surface area (Å²) in [6.07, 6.45) is 4.73. The number of rotatable bonds is 8.